The zero-order valence-corrected chi connectivity index (χ0v) is 16.5. The average molecular weight is 394 g/mol. The summed E-state index contributed by atoms with van der Waals surface area (Å²) in [5, 5.41) is 21.3. The van der Waals surface area contributed by atoms with Crippen LogP contribution in [0, 0.1) is 17.8 Å². The minimum Gasteiger partial charge on any atom is -0.465 e. The molecule has 5 atom stereocenters. The van der Waals surface area contributed by atoms with Crippen molar-refractivity contribution in [2.24, 2.45) is 17.8 Å². The van der Waals surface area contributed by atoms with Crippen molar-refractivity contribution >= 4 is 11.9 Å². The van der Waals surface area contributed by atoms with E-state index in [0.29, 0.717) is 6.61 Å². The highest BCUT2D eigenvalue weighted by molar-refractivity contribution is 5.77. The Balaban J connectivity index is 2.04. The number of aliphatic hydroxyl groups excluding tert-OH is 2. The van der Waals surface area contributed by atoms with Crippen molar-refractivity contribution in [3.05, 3.63) is 35.9 Å². The van der Waals surface area contributed by atoms with Gasteiger partial charge in [-0.3, -0.25) is 9.59 Å². The summed E-state index contributed by atoms with van der Waals surface area (Å²) in [6.45, 7) is 4.00. The van der Waals surface area contributed by atoms with Crippen LogP contribution in [0.1, 0.15) is 32.3 Å². The molecule has 1 aliphatic rings. The number of hydrogen-bond donors (Lipinski definition) is 2. The minimum absolute atomic E-state index is 0.0290. The van der Waals surface area contributed by atoms with Gasteiger partial charge in [0.2, 0.25) is 0 Å². The van der Waals surface area contributed by atoms with Gasteiger partial charge in [-0.25, -0.2) is 0 Å². The molecule has 0 aliphatic carbocycles. The van der Waals surface area contributed by atoms with Gasteiger partial charge >= 0.3 is 11.9 Å². The first-order chi connectivity index (χ1) is 13.4. The fraction of sp³-hybridized carbons (Fsp3) is 0.619. The Bertz CT molecular complexity index is 618. The first-order valence-corrected chi connectivity index (χ1v) is 9.67. The summed E-state index contributed by atoms with van der Waals surface area (Å²) >= 11 is 0. The number of cyclic esters (lactones) is 2. The van der Waals surface area contributed by atoms with E-state index in [9.17, 15) is 19.8 Å². The Morgan fingerprint density at radius 3 is 2.21 bits per heavy atom. The topological polar surface area (TPSA) is 102 Å². The summed E-state index contributed by atoms with van der Waals surface area (Å²) in [4.78, 5) is 23.6. The standard InChI is InChI=1S/C21H30O7/c1-14-10-27-18(22)8-9-19(23)28-13-17(21(25)15(2)20(14)24)12-26-11-16-6-4-3-5-7-16/h3-7,14-15,17,20-21,24-25H,8-13H2,1-2H3/t14-,15-,17+,20-,21-/m1/s1. The van der Waals surface area contributed by atoms with Crippen LogP contribution < -0.4 is 0 Å². The second-order valence-electron chi connectivity index (χ2n) is 7.44. The van der Waals surface area contributed by atoms with Gasteiger partial charge in [0.1, 0.15) is 0 Å². The summed E-state index contributed by atoms with van der Waals surface area (Å²) in [7, 11) is 0. The molecule has 28 heavy (non-hydrogen) atoms. The first kappa shape index (κ1) is 22.3. The third kappa shape index (κ3) is 6.89. The van der Waals surface area contributed by atoms with Crippen molar-refractivity contribution < 1.29 is 34.0 Å². The maximum atomic E-state index is 11.9. The zero-order chi connectivity index (χ0) is 20.5. The van der Waals surface area contributed by atoms with Crippen LogP contribution in [0.4, 0.5) is 0 Å². The maximum absolute atomic E-state index is 11.9. The van der Waals surface area contributed by atoms with E-state index in [1.165, 1.54) is 0 Å². The van der Waals surface area contributed by atoms with Crippen molar-refractivity contribution in [3.8, 4) is 0 Å². The number of carbonyl (C=O) groups is 2. The molecule has 2 rings (SSSR count). The molecule has 1 aromatic carbocycles. The molecule has 0 radical (unpaired) electrons. The van der Waals surface area contributed by atoms with Crippen molar-refractivity contribution in [1.29, 1.82) is 0 Å². The molecule has 1 aromatic rings. The van der Waals surface area contributed by atoms with E-state index in [1.807, 2.05) is 30.3 Å². The molecule has 1 aliphatic heterocycles. The molecule has 0 aromatic heterocycles. The number of hydrogen-bond acceptors (Lipinski definition) is 7. The summed E-state index contributed by atoms with van der Waals surface area (Å²) in [5.41, 5.74) is 0.996. The van der Waals surface area contributed by atoms with Crippen LogP contribution in [0.2, 0.25) is 0 Å². The summed E-state index contributed by atoms with van der Waals surface area (Å²) in [5.74, 6) is -2.40. The minimum atomic E-state index is -0.947. The van der Waals surface area contributed by atoms with E-state index < -0.39 is 36.0 Å². The smallest absolute Gasteiger partial charge is 0.306 e. The van der Waals surface area contributed by atoms with Gasteiger partial charge < -0.3 is 24.4 Å². The highest BCUT2D eigenvalue weighted by atomic mass is 16.5. The molecule has 0 unspecified atom stereocenters. The number of ether oxygens (including phenoxy) is 3. The largest absolute Gasteiger partial charge is 0.465 e. The molecule has 1 saturated heterocycles. The molecular formula is C21H30O7. The Morgan fingerprint density at radius 2 is 1.57 bits per heavy atom. The number of carbonyl (C=O) groups excluding carboxylic acids is 2. The fourth-order valence-electron chi connectivity index (χ4n) is 3.17. The molecule has 1 fully saturated rings. The first-order valence-electron chi connectivity index (χ1n) is 9.67. The molecule has 7 heteroatoms. The monoisotopic (exact) mass is 394 g/mol. The summed E-state index contributed by atoms with van der Waals surface area (Å²) in [6, 6.07) is 9.62. The summed E-state index contributed by atoms with van der Waals surface area (Å²) < 4.78 is 16.1. The third-order valence-corrected chi connectivity index (χ3v) is 5.09. The molecular weight excluding hydrogens is 364 g/mol. The van der Waals surface area contributed by atoms with E-state index in [1.54, 1.807) is 13.8 Å². The molecule has 0 amide bonds. The van der Waals surface area contributed by atoms with Gasteiger partial charge in [0.15, 0.2) is 0 Å². The van der Waals surface area contributed by atoms with Gasteiger partial charge in [-0.1, -0.05) is 44.2 Å². The van der Waals surface area contributed by atoms with E-state index >= 15 is 0 Å². The Morgan fingerprint density at radius 1 is 0.964 bits per heavy atom. The molecule has 7 nitrogen and oxygen atoms in total. The molecule has 1 heterocycles. The van der Waals surface area contributed by atoms with E-state index in [2.05, 4.69) is 0 Å². The van der Waals surface area contributed by atoms with Gasteiger partial charge in [-0.15, -0.1) is 0 Å². The van der Waals surface area contributed by atoms with Crippen LogP contribution in [-0.2, 0) is 30.4 Å². The number of rotatable bonds is 4. The SMILES string of the molecule is C[C@H]1[C@@H](O)[C@@H](COCc2ccccc2)COC(=O)CCC(=O)OC[C@@H](C)[C@H]1O. The van der Waals surface area contributed by atoms with Gasteiger partial charge in [0, 0.05) is 17.8 Å². The highest BCUT2D eigenvalue weighted by Gasteiger charge is 2.34. The quantitative estimate of drug-likeness (QED) is 0.749. The van der Waals surface area contributed by atoms with Gasteiger partial charge in [0.25, 0.3) is 0 Å². The van der Waals surface area contributed by atoms with Crippen molar-refractivity contribution in [2.45, 2.75) is 45.5 Å². The fourth-order valence-corrected chi connectivity index (χ4v) is 3.17. The van der Waals surface area contributed by atoms with Gasteiger partial charge in [-0.05, 0) is 5.56 Å². The summed E-state index contributed by atoms with van der Waals surface area (Å²) in [6.07, 6.45) is -1.98. The zero-order valence-electron chi connectivity index (χ0n) is 16.5. The van der Waals surface area contributed by atoms with Crippen LogP contribution in [0.5, 0.6) is 0 Å². The Hall–Kier alpha value is -1.96. The molecule has 156 valence electrons. The normalized spacial score (nSPS) is 30.4. The lowest BCUT2D eigenvalue weighted by Crippen LogP contribution is -2.42. The van der Waals surface area contributed by atoms with Gasteiger partial charge in [0.05, 0.1) is 51.5 Å². The van der Waals surface area contributed by atoms with Crippen LogP contribution >= 0.6 is 0 Å². The predicted octanol–water partition coefficient (Wildman–Crippen LogP) is 1.69. The highest BCUT2D eigenvalue weighted by Crippen LogP contribution is 2.23. The van der Waals surface area contributed by atoms with Crippen molar-refractivity contribution in [2.75, 3.05) is 19.8 Å². The second kappa shape index (κ2) is 11.1. The predicted molar refractivity (Wildman–Crippen MR) is 101 cm³/mol. The van der Waals surface area contributed by atoms with Gasteiger partial charge in [-0.2, -0.15) is 0 Å². The third-order valence-electron chi connectivity index (χ3n) is 5.09. The van der Waals surface area contributed by atoms with Crippen molar-refractivity contribution in [1.82, 2.24) is 0 Å². The Kier molecular flexibility index (Phi) is 8.89. The van der Waals surface area contributed by atoms with Crippen LogP contribution in [0.25, 0.3) is 0 Å². The molecule has 0 bridgehead atoms. The lowest BCUT2D eigenvalue weighted by Gasteiger charge is -2.32. The van der Waals surface area contributed by atoms with E-state index in [0.717, 1.165) is 5.56 Å². The number of benzene rings is 1. The maximum Gasteiger partial charge on any atom is 0.306 e. The Labute approximate surface area is 165 Å². The van der Waals surface area contributed by atoms with Crippen LogP contribution in [0.3, 0.4) is 0 Å². The van der Waals surface area contributed by atoms with E-state index in [-0.39, 0.29) is 38.6 Å². The average Bonchev–Trinajstić information content (AvgIpc) is 2.71. The molecule has 0 saturated carbocycles. The second-order valence-corrected chi connectivity index (χ2v) is 7.44. The van der Waals surface area contributed by atoms with Crippen LogP contribution in [-0.4, -0.2) is 54.2 Å². The lowest BCUT2D eigenvalue weighted by atomic mass is 9.84. The lowest BCUT2D eigenvalue weighted by molar-refractivity contribution is -0.152. The number of esters is 2. The van der Waals surface area contributed by atoms with Crippen LogP contribution in [0.15, 0.2) is 30.3 Å². The number of aliphatic hydroxyl groups is 2. The molecule has 0 spiro atoms. The molecule has 2 N–H and O–H groups in total. The van der Waals surface area contributed by atoms with E-state index in [4.69, 9.17) is 14.2 Å². The van der Waals surface area contributed by atoms with Crippen molar-refractivity contribution in [3.63, 3.8) is 0 Å².